The first-order valence-electron chi connectivity index (χ1n) is 15.9. The smallest absolute Gasteiger partial charge is 0.164 e. The second-order valence-electron chi connectivity index (χ2n) is 12.0. The van der Waals surface area contributed by atoms with Crippen LogP contribution in [0.15, 0.2) is 160 Å². The van der Waals surface area contributed by atoms with E-state index in [0.29, 0.717) is 17.5 Å². The highest BCUT2D eigenvalue weighted by atomic mass is 16.3. The molecular formula is C43H25N3O2. The molecule has 0 aliphatic rings. The molecule has 3 heterocycles. The fourth-order valence-electron chi connectivity index (χ4n) is 6.77. The van der Waals surface area contributed by atoms with Gasteiger partial charge in [-0.1, -0.05) is 109 Å². The lowest BCUT2D eigenvalue weighted by Gasteiger charge is -2.10. The Hall–Kier alpha value is -6.59. The van der Waals surface area contributed by atoms with Gasteiger partial charge in [-0.05, 0) is 64.4 Å². The Kier molecular flexibility index (Phi) is 5.81. The predicted molar refractivity (Wildman–Crippen MR) is 194 cm³/mol. The summed E-state index contributed by atoms with van der Waals surface area (Å²) in [6, 6.07) is 51.7. The molecule has 10 aromatic rings. The van der Waals surface area contributed by atoms with E-state index in [2.05, 4.69) is 78.9 Å². The van der Waals surface area contributed by atoms with Crippen molar-refractivity contribution in [1.29, 1.82) is 0 Å². The van der Waals surface area contributed by atoms with Crippen molar-refractivity contribution < 1.29 is 8.83 Å². The van der Waals surface area contributed by atoms with Crippen molar-refractivity contribution in [3.8, 4) is 45.3 Å². The fraction of sp³-hybridized carbons (Fsp3) is 0. The maximum atomic E-state index is 6.51. The van der Waals surface area contributed by atoms with Crippen molar-refractivity contribution in [1.82, 2.24) is 15.0 Å². The van der Waals surface area contributed by atoms with E-state index in [4.69, 9.17) is 23.8 Å². The summed E-state index contributed by atoms with van der Waals surface area (Å²) in [6.45, 7) is 0. The highest BCUT2D eigenvalue weighted by Gasteiger charge is 2.19. The second kappa shape index (κ2) is 10.5. The minimum atomic E-state index is 0.599. The molecule has 0 amide bonds. The first-order chi connectivity index (χ1) is 23.7. The van der Waals surface area contributed by atoms with Crippen LogP contribution in [0.1, 0.15) is 0 Å². The largest absolute Gasteiger partial charge is 0.456 e. The van der Waals surface area contributed by atoms with Crippen molar-refractivity contribution in [3.05, 3.63) is 152 Å². The maximum absolute atomic E-state index is 6.51. The van der Waals surface area contributed by atoms with Crippen LogP contribution in [0.5, 0.6) is 0 Å². The summed E-state index contributed by atoms with van der Waals surface area (Å²) in [4.78, 5) is 15.1. The van der Waals surface area contributed by atoms with E-state index in [9.17, 15) is 0 Å². The van der Waals surface area contributed by atoms with Gasteiger partial charge in [0.05, 0.1) is 0 Å². The van der Waals surface area contributed by atoms with E-state index < -0.39 is 0 Å². The Morgan fingerprint density at radius 2 is 1.00 bits per heavy atom. The summed E-state index contributed by atoms with van der Waals surface area (Å²) >= 11 is 0. The molecule has 0 N–H and O–H groups in total. The highest BCUT2D eigenvalue weighted by molar-refractivity contribution is 6.13. The van der Waals surface area contributed by atoms with Crippen LogP contribution in [0.3, 0.4) is 0 Å². The van der Waals surface area contributed by atoms with Crippen LogP contribution in [-0.4, -0.2) is 15.0 Å². The van der Waals surface area contributed by atoms with Crippen LogP contribution >= 0.6 is 0 Å². The third kappa shape index (κ3) is 4.29. The maximum Gasteiger partial charge on any atom is 0.164 e. The van der Waals surface area contributed by atoms with Crippen LogP contribution in [-0.2, 0) is 0 Å². The molecule has 7 aromatic carbocycles. The molecule has 0 unspecified atom stereocenters. The van der Waals surface area contributed by atoms with Crippen LogP contribution in [0.25, 0.3) is 99.9 Å². The molecule has 0 aliphatic carbocycles. The lowest BCUT2D eigenvalue weighted by atomic mass is 10.00. The van der Waals surface area contributed by atoms with E-state index in [1.807, 2.05) is 72.8 Å². The molecule has 0 fully saturated rings. The number of hydrogen-bond acceptors (Lipinski definition) is 5. The molecule has 5 nitrogen and oxygen atoms in total. The summed E-state index contributed by atoms with van der Waals surface area (Å²) < 4.78 is 12.6. The summed E-state index contributed by atoms with van der Waals surface area (Å²) in [5, 5.41) is 6.50. The van der Waals surface area contributed by atoms with E-state index in [-0.39, 0.29) is 0 Å². The molecule has 0 radical (unpaired) electrons. The van der Waals surface area contributed by atoms with Crippen LogP contribution in [0.4, 0.5) is 0 Å². The number of nitrogens with zero attached hydrogens (tertiary/aromatic N) is 3. The lowest BCUT2D eigenvalue weighted by Crippen LogP contribution is -2.00. The number of rotatable bonds is 4. The van der Waals surface area contributed by atoms with Crippen molar-refractivity contribution in [2.75, 3.05) is 0 Å². The van der Waals surface area contributed by atoms with Gasteiger partial charge in [0.25, 0.3) is 0 Å². The summed E-state index contributed by atoms with van der Waals surface area (Å²) in [7, 11) is 0. The molecule has 10 rings (SSSR count). The summed E-state index contributed by atoms with van der Waals surface area (Å²) in [5.74, 6) is 1.85. The van der Waals surface area contributed by atoms with E-state index in [1.165, 1.54) is 5.39 Å². The number of furan rings is 2. The molecule has 5 heteroatoms. The Balaban J connectivity index is 1.14. The number of para-hydroxylation sites is 1. The van der Waals surface area contributed by atoms with Gasteiger partial charge in [0, 0.05) is 38.2 Å². The standard InChI is InChI=1S/C43H25N3O2/c1-2-10-27(11-3-1)41-44-42(31-18-17-26-9-4-5-12-28(26)23-31)46-43(45-41)34-14-8-16-38-40(34)33-21-19-30(25-39(33)48-38)29-20-22-37-35(24-29)32-13-6-7-15-36(32)47-37/h1-25H. The quantitative estimate of drug-likeness (QED) is 0.197. The number of benzene rings is 7. The zero-order valence-electron chi connectivity index (χ0n) is 25.6. The van der Waals surface area contributed by atoms with Crippen LogP contribution < -0.4 is 0 Å². The average Bonchev–Trinajstić information content (AvgIpc) is 3.72. The molecule has 224 valence electrons. The first-order valence-corrected chi connectivity index (χ1v) is 15.9. The van der Waals surface area contributed by atoms with Crippen molar-refractivity contribution in [2.24, 2.45) is 0 Å². The fourth-order valence-corrected chi connectivity index (χ4v) is 6.77. The first kappa shape index (κ1) is 26.6. The molecule has 3 aromatic heterocycles. The topological polar surface area (TPSA) is 65.0 Å². The van der Waals surface area contributed by atoms with Gasteiger partial charge in [0.1, 0.15) is 22.3 Å². The lowest BCUT2D eigenvalue weighted by molar-refractivity contribution is 0.669. The summed E-state index contributed by atoms with van der Waals surface area (Å²) in [6.07, 6.45) is 0. The van der Waals surface area contributed by atoms with Crippen LogP contribution in [0.2, 0.25) is 0 Å². The molecule has 0 bridgehead atoms. The Labute approximate surface area is 274 Å². The zero-order chi connectivity index (χ0) is 31.6. The SMILES string of the molecule is c1ccc(-c2nc(-c3ccc4ccccc4c3)nc(-c3cccc4oc5cc(-c6ccc7oc8ccccc8c7c6)ccc5c34)n2)cc1. The van der Waals surface area contributed by atoms with Gasteiger partial charge in [-0.3, -0.25) is 0 Å². The Morgan fingerprint density at radius 3 is 1.92 bits per heavy atom. The summed E-state index contributed by atoms with van der Waals surface area (Å²) in [5.41, 5.74) is 8.29. The van der Waals surface area contributed by atoms with E-state index in [0.717, 1.165) is 77.1 Å². The van der Waals surface area contributed by atoms with E-state index in [1.54, 1.807) is 0 Å². The number of hydrogen-bond donors (Lipinski definition) is 0. The van der Waals surface area contributed by atoms with Gasteiger partial charge in [-0.2, -0.15) is 0 Å². The molecule has 0 saturated carbocycles. The van der Waals surface area contributed by atoms with Crippen LogP contribution in [0, 0.1) is 0 Å². The molecule has 0 saturated heterocycles. The van der Waals surface area contributed by atoms with Gasteiger partial charge >= 0.3 is 0 Å². The van der Waals surface area contributed by atoms with Crippen molar-refractivity contribution >= 4 is 54.6 Å². The molecule has 0 atom stereocenters. The number of fused-ring (bicyclic) bond motifs is 7. The molecular weight excluding hydrogens is 590 g/mol. The Bertz CT molecular complexity index is 2850. The van der Waals surface area contributed by atoms with Crippen molar-refractivity contribution in [2.45, 2.75) is 0 Å². The highest BCUT2D eigenvalue weighted by Crippen LogP contribution is 2.39. The van der Waals surface area contributed by atoms with E-state index >= 15 is 0 Å². The molecule has 48 heavy (non-hydrogen) atoms. The minimum absolute atomic E-state index is 0.599. The average molecular weight is 616 g/mol. The zero-order valence-corrected chi connectivity index (χ0v) is 25.6. The predicted octanol–water partition coefficient (Wildman–Crippen LogP) is 11.5. The monoisotopic (exact) mass is 615 g/mol. The molecule has 0 aliphatic heterocycles. The van der Waals surface area contributed by atoms with Gasteiger partial charge < -0.3 is 8.83 Å². The van der Waals surface area contributed by atoms with Gasteiger partial charge in [-0.25, -0.2) is 15.0 Å². The normalized spacial score (nSPS) is 11.8. The Morgan fingerprint density at radius 1 is 0.333 bits per heavy atom. The minimum Gasteiger partial charge on any atom is -0.456 e. The number of aromatic nitrogens is 3. The van der Waals surface area contributed by atoms with Gasteiger partial charge in [0.15, 0.2) is 17.5 Å². The second-order valence-corrected chi connectivity index (χ2v) is 12.0. The third-order valence-electron chi connectivity index (χ3n) is 9.12. The van der Waals surface area contributed by atoms with Gasteiger partial charge in [0.2, 0.25) is 0 Å². The van der Waals surface area contributed by atoms with Crippen molar-refractivity contribution in [3.63, 3.8) is 0 Å². The third-order valence-corrected chi connectivity index (χ3v) is 9.12. The molecule has 0 spiro atoms. The van der Waals surface area contributed by atoms with Gasteiger partial charge in [-0.15, -0.1) is 0 Å².